The van der Waals surface area contributed by atoms with Crippen LogP contribution in [0.15, 0.2) is 22.8 Å². The Kier molecular flexibility index (Phi) is 3.98. The molecule has 1 unspecified atom stereocenters. The van der Waals surface area contributed by atoms with Gasteiger partial charge in [0.2, 0.25) is 0 Å². The Morgan fingerprint density at radius 3 is 2.58 bits per heavy atom. The summed E-state index contributed by atoms with van der Waals surface area (Å²) in [5.41, 5.74) is 3.39. The van der Waals surface area contributed by atoms with Gasteiger partial charge in [-0.25, -0.2) is 0 Å². The molecule has 19 heavy (non-hydrogen) atoms. The van der Waals surface area contributed by atoms with Gasteiger partial charge in [-0.05, 0) is 46.8 Å². The average Bonchev–Trinajstić information content (AvgIpc) is 2.92. The largest absolute Gasteiger partial charge is 0.469 e. The highest BCUT2D eigenvalue weighted by molar-refractivity contribution is 5.52. The lowest BCUT2D eigenvalue weighted by molar-refractivity contribution is 0.497. The zero-order valence-electron chi connectivity index (χ0n) is 12.4. The molecule has 2 rings (SSSR count). The molecule has 0 fully saturated rings. The summed E-state index contributed by atoms with van der Waals surface area (Å²) in [5, 5.41) is 8.14. The van der Waals surface area contributed by atoms with Gasteiger partial charge in [0.25, 0.3) is 0 Å². The van der Waals surface area contributed by atoms with Crippen LogP contribution in [0.1, 0.15) is 44.0 Å². The quantitative estimate of drug-likeness (QED) is 0.892. The Morgan fingerprint density at radius 1 is 1.32 bits per heavy atom. The molecule has 0 bridgehead atoms. The van der Waals surface area contributed by atoms with Crippen molar-refractivity contribution in [2.75, 3.05) is 5.32 Å². The van der Waals surface area contributed by atoms with Crippen LogP contribution in [-0.2, 0) is 6.42 Å². The highest BCUT2D eigenvalue weighted by Gasteiger charge is 2.15. The molecule has 2 heterocycles. The molecule has 0 aliphatic heterocycles. The van der Waals surface area contributed by atoms with Gasteiger partial charge in [-0.3, -0.25) is 4.68 Å². The van der Waals surface area contributed by atoms with E-state index in [-0.39, 0.29) is 0 Å². The number of nitrogens with zero attached hydrogens (tertiary/aromatic N) is 2. The van der Waals surface area contributed by atoms with Crippen molar-refractivity contribution in [3.8, 4) is 0 Å². The van der Waals surface area contributed by atoms with Crippen molar-refractivity contribution in [3.05, 3.63) is 35.5 Å². The lowest BCUT2D eigenvalue weighted by Crippen LogP contribution is -2.18. The Balaban J connectivity index is 2.10. The van der Waals surface area contributed by atoms with E-state index in [9.17, 15) is 0 Å². The molecule has 0 aliphatic carbocycles. The van der Waals surface area contributed by atoms with Crippen LogP contribution in [0.2, 0.25) is 0 Å². The minimum Gasteiger partial charge on any atom is -0.469 e. The Bertz CT molecular complexity index is 526. The van der Waals surface area contributed by atoms with Gasteiger partial charge in [0, 0.05) is 18.5 Å². The summed E-state index contributed by atoms with van der Waals surface area (Å²) < 4.78 is 7.45. The van der Waals surface area contributed by atoms with Crippen LogP contribution >= 0.6 is 0 Å². The third kappa shape index (κ3) is 3.00. The lowest BCUT2D eigenvalue weighted by atomic mass is 10.1. The Hall–Kier alpha value is -1.71. The lowest BCUT2D eigenvalue weighted by Gasteiger charge is -2.15. The second kappa shape index (κ2) is 5.51. The zero-order valence-corrected chi connectivity index (χ0v) is 12.4. The summed E-state index contributed by atoms with van der Waals surface area (Å²) in [6.07, 6.45) is 2.59. The number of hydrogen-bond donors (Lipinski definition) is 1. The van der Waals surface area contributed by atoms with Gasteiger partial charge in [-0.15, -0.1) is 0 Å². The second-order valence-corrected chi connectivity index (χ2v) is 5.41. The molecule has 0 aromatic carbocycles. The average molecular weight is 261 g/mol. The number of hydrogen-bond acceptors (Lipinski definition) is 3. The zero-order chi connectivity index (χ0) is 14.0. The fourth-order valence-electron chi connectivity index (χ4n) is 2.40. The molecule has 4 heteroatoms. The number of nitrogens with one attached hydrogen (secondary N) is 1. The predicted octanol–water partition coefficient (Wildman–Crippen LogP) is 3.72. The smallest absolute Gasteiger partial charge is 0.105 e. The highest BCUT2D eigenvalue weighted by atomic mass is 16.3. The fraction of sp³-hybridized carbons (Fsp3) is 0.533. The fourth-order valence-corrected chi connectivity index (χ4v) is 2.40. The SMILES string of the molecule is Cc1nn(C(C)C)c(C)c1NC(C)Cc1ccco1. The molecule has 0 amide bonds. The normalized spacial score (nSPS) is 12.9. The summed E-state index contributed by atoms with van der Waals surface area (Å²) in [4.78, 5) is 0. The van der Waals surface area contributed by atoms with Crippen LogP contribution in [-0.4, -0.2) is 15.8 Å². The first-order chi connectivity index (χ1) is 8.99. The van der Waals surface area contributed by atoms with Gasteiger partial charge in [0.05, 0.1) is 23.3 Å². The molecule has 0 aliphatic rings. The van der Waals surface area contributed by atoms with Crippen LogP contribution in [0.3, 0.4) is 0 Å². The summed E-state index contributed by atoms with van der Waals surface area (Å²) in [7, 11) is 0. The molecule has 0 saturated carbocycles. The third-order valence-electron chi connectivity index (χ3n) is 3.29. The standard InChI is InChI=1S/C15H23N3O/c1-10(2)18-13(5)15(12(4)17-18)16-11(3)9-14-7-6-8-19-14/h6-8,10-11,16H,9H2,1-5H3. The van der Waals surface area contributed by atoms with Crippen molar-refractivity contribution in [1.82, 2.24) is 9.78 Å². The van der Waals surface area contributed by atoms with Gasteiger partial charge in [0.15, 0.2) is 0 Å². The van der Waals surface area contributed by atoms with Crippen molar-refractivity contribution in [2.24, 2.45) is 0 Å². The molecule has 1 atom stereocenters. The van der Waals surface area contributed by atoms with E-state index in [2.05, 4.69) is 42.8 Å². The van der Waals surface area contributed by atoms with Gasteiger partial charge in [-0.1, -0.05) is 0 Å². The van der Waals surface area contributed by atoms with Gasteiger partial charge >= 0.3 is 0 Å². The van der Waals surface area contributed by atoms with Crippen LogP contribution in [0.4, 0.5) is 5.69 Å². The van der Waals surface area contributed by atoms with Crippen LogP contribution in [0, 0.1) is 13.8 Å². The predicted molar refractivity (Wildman–Crippen MR) is 77.6 cm³/mol. The molecule has 0 spiro atoms. The van der Waals surface area contributed by atoms with Gasteiger partial charge in [0.1, 0.15) is 5.76 Å². The summed E-state index contributed by atoms with van der Waals surface area (Å²) in [6.45, 7) is 10.6. The van der Waals surface area contributed by atoms with Crippen molar-refractivity contribution in [3.63, 3.8) is 0 Å². The van der Waals surface area contributed by atoms with E-state index in [4.69, 9.17) is 4.42 Å². The number of anilines is 1. The summed E-state index contributed by atoms with van der Waals surface area (Å²) in [5.74, 6) is 1.01. The number of aryl methyl sites for hydroxylation is 1. The van der Waals surface area contributed by atoms with E-state index in [1.54, 1.807) is 6.26 Å². The van der Waals surface area contributed by atoms with Gasteiger partial charge in [-0.2, -0.15) is 5.10 Å². The van der Waals surface area contributed by atoms with E-state index in [0.29, 0.717) is 12.1 Å². The molecule has 4 nitrogen and oxygen atoms in total. The monoisotopic (exact) mass is 261 g/mol. The summed E-state index contributed by atoms with van der Waals surface area (Å²) in [6, 6.07) is 4.63. The molecule has 0 radical (unpaired) electrons. The first kappa shape index (κ1) is 13.7. The maximum Gasteiger partial charge on any atom is 0.105 e. The van der Waals surface area contributed by atoms with Crippen LogP contribution < -0.4 is 5.32 Å². The van der Waals surface area contributed by atoms with Crippen LogP contribution in [0.5, 0.6) is 0 Å². The number of aromatic nitrogens is 2. The van der Waals surface area contributed by atoms with E-state index < -0.39 is 0 Å². The highest BCUT2D eigenvalue weighted by Crippen LogP contribution is 2.23. The Labute approximate surface area is 114 Å². The molecule has 104 valence electrons. The van der Waals surface area contributed by atoms with Crippen LogP contribution in [0.25, 0.3) is 0 Å². The van der Waals surface area contributed by atoms with Crippen molar-refractivity contribution in [1.29, 1.82) is 0 Å². The van der Waals surface area contributed by atoms with E-state index in [1.165, 1.54) is 5.69 Å². The van der Waals surface area contributed by atoms with Crippen molar-refractivity contribution < 1.29 is 4.42 Å². The molecular formula is C15H23N3O. The third-order valence-corrected chi connectivity index (χ3v) is 3.29. The van der Waals surface area contributed by atoms with Crippen molar-refractivity contribution >= 4 is 5.69 Å². The van der Waals surface area contributed by atoms with E-state index in [1.807, 2.05) is 19.1 Å². The van der Waals surface area contributed by atoms with E-state index in [0.717, 1.165) is 23.6 Å². The second-order valence-electron chi connectivity index (χ2n) is 5.41. The van der Waals surface area contributed by atoms with E-state index >= 15 is 0 Å². The molecule has 2 aromatic rings. The minimum absolute atomic E-state index is 0.313. The maximum atomic E-state index is 5.38. The number of furan rings is 1. The Morgan fingerprint density at radius 2 is 2.05 bits per heavy atom. The van der Waals surface area contributed by atoms with Crippen molar-refractivity contribution in [2.45, 2.75) is 53.1 Å². The molecule has 1 N–H and O–H groups in total. The summed E-state index contributed by atoms with van der Waals surface area (Å²) >= 11 is 0. The van der Waals surface area contributed by atoms with Gasteiger partial charge < -0.3 is 9.73 Å². The first-order valence-electron chi connectivity index (χ1n) is 6.83. The molecule has 0 saturated heterocycles. The maximum absolute atomic E-state index is 5.38. The molecular weight excluding hydrogens is 238 g/mol. The molecule has 2 aromatic heterocycles. The topological polar surface area (TPSA) is 43.0 Å². The number of rotatable bonds is 5. The minimum atomic E-state index is 0.313. The first-order valence-corrected chi connectivity index (χ1v) is 6.83.